The zero-order valence-electron chi connectivity index (χ0n) is 23.4. The van der Waals surface area contributed by atoms with E-state index in [0.29, 0.717) is 25.1 Å². The molecule has 9 N–H and O–H groups in total. The number of nitrogens with two attached hydrogens (primary N) is 2. The topological polar surface area (TPSA) is 205 Å². The minimum Gasteiger partial charge on any atom is -0.480 e. The number of carbonyl (C=O) groups is 4. The van der Waals surface area contributed by atoms with E-state index in [-0.39, 0.29) is 25.7 Å². The summed E-state index contributed by atoms with van der Waals surface area (Å²) in [5, 5.41) is 17.7. The zero-order chi connectivity index (χ0) is 30.3. The van der Waals surface area contributed by atoms with Crippen LogP contribution < -0.4 is 27.4 Å². The van der Waals surface area contributed by atoms with E-state index in [9.17, 15) is 24.3 Å². The molecule has 0 saturated carbocycles. The third-order valence-corrected chi connectivity index (χ3v) is 6.72. The molecule has 0 bridgehead atoms. The minimum absolute atomic E-state index is 0.0173. The summed E-state index contributed by atoms with van der Waals surface area (Å²) >= 11 is 0. The molecule has 0 saturated heterocycles. The number of imidazole rings is 1. The first-order valence-electron chi connectivity index (χ1n) is 13.9. The van der Waals surface area contributed by atoms with E-state index in [2.05, 4.69) is 25.9 Å². The van der Waals surface area contributed by atoms with E-state index < -0.39 is 47.9 Å². The van der Waals surface area contributed by atoms with Crippen molar-refractivity contribution in [2.24, 2.45) is 11.5 Å². The third kappa shape index (κ3) is 10.5. The van der Waals surface area contributed by atoms with Crippen molar-refractivity contribution in [1.29, 1.82) is 0 Å². The number of nitrogens with one attached hydrogen (secondary N) is 4. The SMILES string of the molecule is NCCCCC(NC(=O)C(Cc1ccccc1)NC(=O)C(N)Cc1ccccc1)C(=O)NC(Cc1cnc[nH]1)C(=O)O. The van der Waals surface area contributed by atoms with Crippen LogP contribution in [-0.2, 0) is 38.4 Å². The second-order valence-corrected chi connectivity index (χ2v) is 10.1. The number of hydrogen-bond acceptors (Lipinski definition) is 7. The lowest BCUT2D eigenvalue weighted by molar-refractivity contribution is -0.142. The van der Waals surface area contributed by atoms with Crippen LogP contribution in [0.15, 0.2) is 73.2 Å². The quantitative estimate of drug-likeness (QED) is 0.112. The van der Waals surface area contributed by atoms with Gasteiger partial charge in [-0.1, -0.05) is 60.7 Å². The Labute approximate surface area is 244 Å². The van der Waals surface area contributed by atoms with Gasteiger partial charge in [-0.2, -0.15) is 0 Å². The summed E-state index contributed by atoms with van der Waals surface area (Å²) in [6, 6.07) is 14.2. The predicted molar refractivity (Wildman–Crippen MR) is 157 cm³/mol. The lowest BCUT2D eigenvalue weighted by atomic mass is 10.0. The van der Waals surface area contributed by atoms with E-state index in [0.717, 1.165) is 11.1 Å². The number of amides is 3. The van der Waals surface area contributed by atoms with Gasteiger partial charge in [0.1, 0.15) is 18.1 Å². The highest BCUT2D eigenvalue weighted by atomic mass is 16.4. The molecule has 3 rings (SSSR count). The van der Waals surface area contributed by atoms with Crippen LogP contribution in [0, 0.1) is 0 Å². The average Bonchev–Trinajstić information content (AvgIpc) is 3.50. The molecule has 12 heteroatoms. The molecule has 224 valence electrons. The molecule has 1 heterocycles. The first kappa shape index (κ1) is 32.0. The maximum absolute atomic E-state index is 13.6. The summed E-state index contributed by atoms with van der Waals surface area (Å²) in [4.78, 5) is 58.5. The van der Waals surface area contributed by atoms with E-state index in [4.69, 9.17) is 11.5 Å². The molecule has 0 fully saturated rings. The summed E-state index contributed by atoms with van der Waals surface area (Å²) in [6.45, 7) is 0.395. The summed E-state index contributed by atoms with van der Waals surface area (Å²) in [5.74, 6) is -2.98. The van der Waals surface area contributed by atoms with Crippen LogP contribution in [-0.4, -0.2) is 69.5 Å². The number of carboxylic acids is 1. The Balaban J connectivity index is 1.75. The molecule has 0 aliphatic heterocycles. The Morgan fingerprint density at radius 1 is 0.762 bits per heavy atom. The van der Waals surface area contributed by atoms with Crippen LogP contribution >= 0.6 is 0 Å². The largest absolute Gasteiger partial charge is 0.480 e. The van der Waals surface area contributed by atoms with Crippen LogP contribution in [0.5, 0.6) is 0 Å². The highest BCUT2D eigenvalue weighted by Gasteiger charge is 2.30. The molecule has 4 atom stereocenters. The molecule has 2 aromatic carbocycles. The van der Waals surface area contributed by atoms with Crippen molar-refractivity contribution >= 4 is 23.7 Å². The average molecular weight is 578 g/mol. The van der Waals surface area contributed by atoms with Gasteiger partial charge >= 0.3 is 5.97 Å². The Morgan fingerprint density at radius 2 is 1.33 bits per heavy atom. The smallest absolute Gasteiger partial charge is 0.326 e. The van der Waals surface area contributed by atoms with Gasteiger partial charge in [-0.15, -0.1) is 0 Å². The molecule has 0 aliphatic rings. The van der Waals surface area contributed by atoms with Gasteiger partial charge in [-0.25, -0.2) is 9.78 Å². The van der Waals surface area contributed by atoms with Gasteiger partial charge in [0.05, 0.1) is 12.4 Å². The Bertz CT molecular complexity index is 1270. The maximum atomic E-state index is 13.6. The number of H-pyrrole nitrogens is 1. The van der Waals surface area contributed by atoms with Crippen LogP contribution in [0.4, 0.5) is 0 Å². The number of aromatic amines is 1. The lowest BCUT2D eigenvalue weighted by Crippen LogP contribution is -2.58. The highest BCUT2D eigenvalue weighted by molar-refractivity contribution is 5.94. The molecule has 42 heavy (non-hydrogen) atoms. The van der Waals surface area contributed by atoms with Crippen molar-refractivity contribution in [2.75, 3.05) is 6.54 Å². The fraction of sp³-hybridized carbons (Fsp3) is 0.367. The predicted octanol–water partition coefficient (Wildman–Crippen LogP) is 0.433. The Hall–Kier alpha value is -4.55. The van der Waals surface area contributed by atoms with Gasteiger partial charge < -0.3 is 37.5 Å². The molecular formula is C30H39N7O5. The standard InChI is InChI=1S/C30H39N7O5/c31-14-8-7-13-24(28(39)37-26(30(41)42)17-22-18-33-19-34-22)35-29(40)25(16-21-11-5-2-6-12-21)36-27(38)23(32)15-20-9-3-1-4-10-20/h1-6,9-12,18-19,23-26H,7-8,13-17,31-32H2,(H,33,34)(H,35,40)(H,36,38)(H,37,39)(H,41,42). The minimum atomic E-state index is -1.25. The van der Waals surface area contributed by atoms with Crippen molar-refractivity contribution in [3.8, 4) is 0 Å². The van der Waals surface area contributed by atoms with Crippen molar-refractivity contribution in [1.82, 2.24) is 25.9 Å². The number of benzene rings is 2. The van der Waals surface area contributed by atoms with E-state index in [1.165, 1.54) is 12.5 Å². The van der Waals surface area contributed by atoms with E-state index in [1.807, 2.05) is 60.7 Å². The Kier molecular flexibility index (Phi) is 12.7. The van der Waals surface area contributed by atoms with Gasteiger partial charge in [0.15, 0.2) is 0 Å². The first-order chi connectivity index (χ1) is 20.3. The number of aromatic nitrogens is 2. The molecule has 3 aromatic rings. The summed E-state index contributed by atoms with van der Waals surface area (Å²) in [5.41, 5.74) is 14.0. The molecule has 0 aliphatic carbocycles. The van der Waals surface area contributed by atoms with Crippen molar-refractivity contribution < 1.29 is 24.3 Å². The van der Waals surface area contributed by atoms with Crippen molar-refractivity contribution in [2.45, 2.75) is 62.7 Å². The van der Waals surface area contributed by atoms with Crippen molar-refractivity contribution in [3.05, 3.63) is 90.0 Å². The first-order valence-corrected chi connectivity index (χ1v) is 13.9. The second kappa shape index (κ2) is 16.7. The molecule has 1 aromatic heterocycles. The van der Waals surface area contributed by atoms with E-state index in [1.54, 1.807) is 0 Å². The van der Waals surface area contributed by atoms with Gasteiger partial charge in [0.25, 0.3) is 0 Å². The molecule has 12 nitrogen and oxygen atoms in total. The zero-order valence-corrected chi connectivity index (χ0v) is 23.4. The molecule has 3 amide bonds. The molecule has 4 unspecified atom stereocenters. The Morgan fingerprint density at radius 3 is 1.90 bits per heavy atom. The van der Waals surface area contributed by atoms with Crippen LogP contribution in [0.25, 0.3) is 0 Å². The normalized spacial score (nSPS) is 13.8. The van der Waals surface area contributed by atoms with Crippen LogP contribution in [0.2, 0.25) is 0 Å². The van der Waals surface area contributed by atoms with Gasteiger partial charge in [-0.3, -0.25) is 14.4 Å². The number of unbranched alkanes of at least 4 members (excludes halogenated alkanes) is 1. The number of carbonyl (C=O) groups excluding carboxylic acids is 3. The number of nitrogens with zero attached hydrogens (tertiary/aromatic N) is 1. The second-order valence-electron chi connectivity index (χ2n) is 10.1. The summed E-state index contributed by atoms with van der Waals surface area (Å²) in [6.07, 6.45) is 4.66. The van der Waals surface area contributed by atoms with Gasteiger partial charge in [0.2, 0.25) is 17.7 Å². The summed E-state index contributed by atoms with van der Waals surface area (Å²) in [7, 11) is 0. The van der Waals surface area contributed by atoms with Gasteiger partial charge in [0, 0.05) is 24.7 Å². The number of aliphatic carboxylic acids is 1. The fourth-order valence-electron chi connectivity index (χ4n) is 4.42. The van der Waals surface area contributed by atoms with E-state index >= 15 is 0 Å². The van der Waals surface area contributed by atoms with Crippen LogP contribution in [0.1, 0.15) is 36.1 Å². The van der Waals surface area contributed by atoms with Gasteiger partial charge in [-0.05, 0) is 43.4 Å². The highest BCUT2D eigenvalue weighted by Crippen LogP contribution is 2.09. The lowest BCUT2D eigenvalue weighted by Gasteiger charge is -2.25. The molecule has 0 spiro atoms. The third-order valence-electron chi connectivity index (χ3n) is 6.72. The number of carboxylic acid groups (broad SMARTS) is 1. The van der Waals surface area contributed by atoms with Crippen molar-refractivity contribution in [3.63, 3.8) is 0 Å². The molecule has 0 radical (unpaired) electrons. The number of rotatable bonds is 17. The maximum Gasteiger partial charge on any atom is 0.326 e. The molecular weight excluding hydrogens is 538 g/mol. The fourth-order valence-corrected chi connectivity index (χ4v) is 4.42. The van der Waals surface area contributed by atoms with Crippen LogP contribution in [0.3, 0.4) is 0 Å². The summed E-state index contributed by atoms with van der Waals surface area (Å²) < 4.78 is 0. The monoisotopic (exact) mass is 577 g/mol. The number of hydrogen-bond donors (Lipinski definition) is 7.